The van der Waals surface area contributed by atoms with Gasteiger partial charge in [0.1, 0.15) is 5.75 Å². The zero-order valence-corrected chi connectivity index (χ0v) is 12.0. The zero-order chi connectivity index (χ0) is 12.4. The van der Waals surface area contributed by atoms with E-state index in [1.54, 1.807) is 19.4 Å². The SMILES string of the molecule is COc1c(Br)cccc1-c1ncc(Cl)cc1Cl. The van der Waals surface area contributed by atoms with E-state index in [2.05, 4.69) is 20.9 Å². The average molecular weight is 333 g/mol. The van der Waals surface area contributed by atoms with E-state index < -0.39 is 0 Å². The van der Waals surface area contributed by atoms with Crippen molar-refractivity contribution >= 4 is 39.1 Å². The Bertz CT molecular complexity index is 560. The van der Waals surface area contributed by atoms with Gasteiger partial charge >= 0.3 is 0 Å². The van der Waals surface area contributed by atoms with Crippen molar-refractivity contribution in [2.45, 2.75) is 0 Å². The summed E-state index contributed by atoms with van der Waals surface area (Å²) in [5.74, 6) is 0.698. The van der Waals surface area contributed by atoms with Gasteiger partial charge in [-0.1, -0.05) is 29.3 Å². The highest BCUT2D eigenvalue weighted by Gasteiger charge is 2.13. The van der Waals surface area contributed by atoms with Crippen LogP contribution in [0.5, 0.6) is 5.75 Å². The largest absolute Gasteiger partial charge is 0.495 e. The molecule has 5 heteroatoms. The first kappa shape index (κ1) is 12.7. The summed E-state index contributed by atoms with van der Waals surface area (Å²) in [6.45, 7) is 0. The Hall–Kier alpha value is -0.770. The van der Waals surface area contributed by atoms with Crippen LogP contribution >= 0.6 is 39.1 Å². The van der Waals surface area contributed by atoms with E-state index in [0.29, 0.717) is 21.5 Å². The fraction of sp³-hybridized carbons (Fsp3) is 0.0833. The van der Waals surface area contributed by atoms with Gasteiger partial charge in [0.15, 0.2) is 0 Å². The molecule has 0 saturated carbocycles. The van der Waals surface area contributed by atoms with Gasteiger partial charge in [-0.25, -0.2) is 0 Å². The Morgan fingerprint density at radius 1 is 1.29 bits per heavy atom. The number of rotatable bonds is 2. The summed E-state index contributed by atoms with van der Waals surface area (Å²) in [7, 11) is 1.60. The second-order valence-electron chi connectivity index (χ2n) is 3.30. The van der Waals surface area contributed by atoms with Crippen molar-refractivity contribution in [2.75, 3.05) is 7.11 Å². The molecule has 1 aromatic heterocycles. The number of para-hydroxylation sites is 1. The first-order chi connectivity index (χ1) is 8.13. The molecule has 0 aliphatic rings. The topological polar surface area (TPSA) is 22.1 Å². The average Bonchev–Trinajstić information content (AvgIpc) is 2.29. The van der Waals surface area contributed by atoms with Crippen molar-refractivity contribution < 1.29 is 4.74 Å². The lowest BCUT2D eigenvalue weighted by molar-refractivity contribution is 0.413. The second kappa shape index (κ2) is 5.25. The Morgan fingerprint density at radius 2 is 2.06 bits per heavy atom. The molecule has 2 aromatic rings. The maximum absolute atomic E-state index is 6.13. The fourth-order valence-corrected chi connectivity index (χ4v) is 2.53. The van der Waals surface area contributed by atoms with Gasteiger partial charge < -0.3 is 4.74 Å². The third-order valence-electron chi connectivity index (χ3n) is 2.23. The molecule has 0 fully saturated rings. The maximum atomic E-state index is 6.13. The lowest BCUT2D eigenvalue weighted by atomic mass is 10.1. The van der Waals surface area contributed by atoms with Crippen LogP contribution in [0.25, 0.3) is 11.3 Å². The molecule has 0 bridgehead atoms. The molecule has 1 heterocycles. The van der Waals surface area contributed by atoms with E-state index in [1.165, 1.54) is 0 Å². The second-order valence-corrected chi connectivity index (χ2v) is 5.00. The summed E-state index contributed by atoms with van der Waals surface area (Å²) in [5.41, 5.74) is 1.47. The van der Waals surface area contributed by atoms with Crippen molar-refractivity contribution in [3.8, 4) is 17.0 Å². The van der Waals surface area contributed by atoms with Gasteiger partial charge in [0.05, 0.1) is 27.3 Å². The number of halogens is 3. The lowest BCUT2D eigenvalue weighted by Gasteiger charge is -2.10. The number of hydrogen-bond donors (Lipinski definition) is 0. The number of pyridine rings is 1. The molecule has 0 amide bonds. The summed E-state index contributed by atoms with van der Waals surface area (Å²) < 4.78 is 6.19. The Balaban J connectivity index is 2.64. The number of nitrogens with zero attached hydrogens (tertiary/aromatic N) is 1. The van der Waals surface area contributed by atoms with E-state index in [1.807, 2.05) is 18.2 Å². The highest BCUT2D eigenvalue weighted by molar-refractivity contribution is 9.10. The first-order valence-corrected chi connectivity index (χ1v) is 6.32. The van der Waals surface area contributed by atoms with Gasteiger partial charge in [-0.2, -0.15) is 0 Å². The number of hydrogen-bond acceptors (Lipinski definition) is 2. The van der Waals surface area contributed by atoms with Crippen LogP contribution in [0.1, 0.15) is 0 Å². The first-order valence-electron chi connectivity index (χ1n) is 4.77. The van der Waals surface area contributed by atoms with Crippen LogP contribution in [0.4, 0.5) is 0 Å². The van der Waals surface area contributed by atoms with Crippen LogP contribution in [-0.2, 0) is 0 Å². The van der Waals surface area contributed by atoms with E-state index in [-0.39, 0.29) is 0 Å². The highest BCUT2D eigenvalue weighted by Crippen LogP contribution is 2.38. The molecular weight excluding hydrogens is 325 g/mol. The Morgan fingerprint density at radius 3 is 2.71 bits per heavy atom. The molecular formula is C12H8BrCl2NO. The highest BCUT2D eigenvalue weighted by atomic mass is 79.9. The smallest absolute Gasteiger partial charge is 0.142 e. The molecule has 1 aromatic carbocycles. The molecule has 2 nitrogen and oxygen atoms in total. The molecule has 88 valence electrons. The predicted molar refractivity (Wildman–Crippen MR) is 73.9 cm³/mol. The van der Waals surface area contributed by atoms with E-state index in [9.17, 15) is 0 Å². The molecule has 0 aliphatic carbocycles. The third kappa shape index (κ3) is 2.57. The van der Waals surface area contributed by atoms with Gasteiger partial charge in [0.25, 0.3) is 0 Å². The van der Waals surface area contributed by atoms with Crippen molar-refractivity contribution in [1.82, 2.24) is 4.98 Å². The van der Waals surface area contributed by atoms with E-state index in [4.69, 9.17) is 27.9 Å². The number of ether oxygens (including phenoxy) is 1. The van der Waals surface area contributed by atoms with Crippen molar-refractivity contribution in [2.24, 2.45) is 0 Å². The summed E-state index contributed by atoms with van der Waals surface area (Å²) in [6.07, 6.45) is 1.56. The summed E-state index contributed by atoms with van der Waals surface area (Å²) >= 11 is 15.4. The number of benzene rings is 1. The van der Waals surface area contributed by atoms with Gasteiger partial charge in [-0.05, 0) is 34.1 Å². The molecule has 0 saturated heterocycles. The van der Waals surface area contributed by atoms with Crippen molar-refractivity contribution in [3.63, 3.8) is 0 Å². The molecule has 0 N–H and O–H groups in total. The summed E-state index contributed by atoms with van der Waals surface area (Å²) in [6, 6.07) is 7.35. The maximum Gasteiger partial charge on any atom is 0.142 e. The van der Waals surface area contributed by atoms with Gasteiger partial charge in [-0.15, -0.1) is 0 Å². The van der Waals surface area contributed by atoms with Crippen LogP contribution in [0.3, 0.4) is 0 Å². The van der Waals surface area contributed by atoms with Crippen LogP contribution in [0.2, 0.25) is 10.0 Å². The fourth-order valence-electron chi connectivity index (χ4n) is 1.52. The number of aromatic nitrogens is 1. The monoisotopic (exact) mass is 331 g/mol. The number of methoxy groups -OCH3 is 1. The summed E-state index contributed by atoms with van der Waals surface area (Å²) in [4.78, 5) is 4.23. The van der Waals surface area contributed by atoms with E-state index in [0.717, 1.165) is 10.0 Å². The van der Waals surface area contributed by atoms with Gasteiger partial charge in [0, 0.05) is 11.8 Å². The molecule has 0 atom stereocenters. The normalized spacial score (nSPS) is 10.4. The minimum absolute atomic E-state index is 0.494. The zero-order valence-electron chi connectivity index (χ0n) is 8.88. The minimum atomic E-state index is 0.494. The third-order valence-corrected chi connectivity index (χ3v) is 3.35. The van der Waals surface area contributed by atoms with Crippen molar-refractivity contribution in [3.05, 3.63) is 45.0 Å². The molecule has 2 rings (SSSR count). The van der Waals surface area contributed by atoms with Gasteiger partial charge in [-0.3, -0.25) is 4.98 Å². The van der Waals surface area contributed by atoms with Crippen molar-refractivity contribution in [1.29, 1.82) is 0 Å². The molecule has 0 unspecified atom stereocenters. The molecule has 0 radical (unpaired) electrons. The van der Waals surface area contributed by atoms with Crippen LogP contribution < -0.4 is 4.74 Å². The van der Waals surface area contributed by atoms with Crippen LogP contribution in [0, 0.1) is 0 Å². The standard InChI is InChI=1S/C12H8BrCl2NO/c1-17-12-8(3-2-4-9(12)13)11-10(15)5-7(14)6-16-11/h2-6H,1H3. The van der Waals surface area contributed by atoms with Crippen LogP contribution in [0.15, 0.2) is 34.9 Å². The Kier molecular flexibility index (Phi) is 3.92. The van der Waals surface area contributed by atoms with E-state index >= 15 is 0 Å². The quantitative estimate of drug-likeness (QED) is 0.786. The summed E-state index contributed by atoms with van der Waals surface area (Å²) in [5, 5.41) is 1.00. The minimum Gasteiger partial charge on any atom is -0.495 e. The molecule has 0 spiro atoms. The lowest BCUT2D eigenvalue weighted by Crippen LogP contribution is -1.92. The van der Waals surface area contributed by atoms with Gasteiger partial charge in [0.2, 0.25) is 0 Å². The molecule has 0 aliphatic heterocycles. The predicted octanol–water partition coefficient (Wildman–Crippen LogP) is 4.83. The molecule has 17 heavy (non-hydrogen) atoms. The van der Waals surface area contributed by atoms with Crippen LogP contribution in [-0.4, -0.2) is 12.1 Å². The Labute approximate surface area is 118 Å².